The fraction of sp³-hybridized carbons (Fsp3) is 0.900. The fourth-order valence-corrected chi connectivity index (χ4v) is 1.66. The van der Waals surface area contributed by atoms with Gasteiger partial charge in [0.25, 0.3) is 0 Å². The predicted octanol–water partition coefficient (Wildman–Crippen LogP) is 0.00170. The molecule has 0 aromatic carbocycles. The molecule has 2 fully saturated rings. The van der Waals surface area contributed by atoms with Crippen LogP contribution in [0.1, 0.15) is 12.8 Å². The van der Waals surface area contributed by atoms with Crippen LogP contribution < -0.4 is 11.1 Å². The van der Waals surface area contributed by atoms with Gasteiger partial charge in [-0.2, -0.15) is 0 Å². The number of hydrogen-bond donors (Lipinski definition) is 2. The molecule has 2 aliphatic rings. The largest absolute Gasteiger partial charge is 0.374 e. The molecule has 3 N–H and O–H groups in total. The summed E-state index contributed by atoms with van der Waals surface area (Å²) in [5.74, 6) is 0.564. The first-order chi connectivity index (χ1) is 7.24. The van der Waals surface area contributed by atoms with Gasteiger partial charge in [0.15, 0.2) is 5.96 Å². The van der Waals surface area contributed by atoms with E-state index in [0.29, 0.717) is 18.5 Å². The molecule has 5 nitrogen and oxygen atoms in total. The minimum Gasteiger partial charge on any atom is -0.374 e. The van der Waals surface area contributed by atoms with Crippen LogP contribution in [0.5, 0.6) is 0 Å². The molecule has 1 heterocycles. The molecule has 0 aromatic rings. The van der Waals surface area contributed by atoms with Crippen molar-refractivity contribution >= 4 is 29.9 Å². The van der Waals surface area contributed by atoms with Crippen molar-refractivity contribution in [2.75, 3.05) is 33.3 Å². The number of rotatable bonds is 3. The number of aliphatic imine (C=N–C) groups is 1. The van der Waals surface area contributed by atoms with E-state index in [1.807, 2.05) is 0 Å². The number of likely N-dealkylation sites (N-methyl/N-ethyl adjacent to an activating group) is 1. The van der Waals surface area contributed by atoms with Gasteiger partial charge in [-0.3, -0.25) is 4.99 Å². The predicted molar refractivity (Wildman–Crippen MR) is 75.3 cm³/mol. The second-order valence-electron chi connectivity index (χ2n) is 4.40. The summed E-state index contributed by atoms with van der Waals surface area (Å²) in [5.41, 5.74) is 5.74. The van der Waals surface area contributed by atoms with Crippen molar-refractivity contribution in [1.29, 1.82) is 0 Å². The van der Waals surface area contributed by atoms with Gasteiger partial charge in [-0.15, -0.1) is 24.0 Å². The number of hydrogen-bond acceptors (Lipinski definition) is 3. The molecule has 6 heteroatoms. The average molecular weight is 340 g/mol. The van der Waals surface area contributed by atoms with Crippen LogP contribution in [0.3, 0.4) is 0 Å². The third-order valence-corrected chi connectivity index (χ3v) is 2.74. The molecule has 0 bridgehead atoms. The Morgan fingerprint density at radius 2 is 2.31 bits per heavy atom. The van der Waals surface area contributed by atoms with Crippen LogP contribution in [-0.2, 0) is 4.74 Å². The summed E-state index contributed by atoms with van der Waals surface area (Å²) in [7, 11) is 2.10. The molecule has 0 radical (unpaired) electrons. The average Bonchev–Trinajstić information content (AvgIpc) is 2.99. The first-order valence-electron chi connectivity index (χ1n) is 5.60. The molecule has 1 saturated heterocycles. The minimum atomic E-state index is 0. The number of nitrogens with zero attached hydrogens (tertiary/aromatic N) is 2. The smallest absolute Gasteiger partial charge is 0.188 e. The molecule has 1 aliphatic carbocycles. The van der Waals surface area contributed by atoms with Gasteiger partial charge in [0.2, 0.25) is 0 Å². The van der Waals surface area contributed by atoms with Gasteiger partial charge >= 0.3 is 0 Å². The summed E-state index contributed by atoms with van der Waals surface area (Å²) in [6, 6.07) is 0.573. The van der Waals surface area contributed by atoms with Crippen molar-refractivity contribution < 1.29 is 4.74 Å². The summed E-state index contributed by atoms with van der Waals surface area (Å²) in [5, 5.41) is 3.16. The maximum atomic E-state index is 5.74. The normalized spacial score (nSPS) is 27.3. The first kappa shape index (κ1) is 14.0. The summed E-state index contributed by atoms with van der Waals surface area (Å²) >= 11 is 0. The first-order valence-corrected chi connectivity index (χ1v) is 5.60. The van der Waals surface area contributed by atoms with Gasteiger partial charge in [0, 0.05) is 19.1 Å². The zero-order valence-electron chi connectivity index (χ0n) is 9.69. The summed E-state index contributed by atoms with van der Waals surface area (Å²) in [6.07, 6.45) is 2.64. The molecule has 1 unspecified atom stereocenters. The van der Waals surface area contributed by atoms with E-state index in [-0.39, 0.29) is 30.1 Å². The second-order valence-corrected chi connectivity index (χ2v) is 4.40. The van der Waals surface area contributed by atoms with E-state index in [1.54, 1.807) is 0 Å². The maximum absolute atomic E-state index is 5.74. The Bertz CT molecular complexity index is 245. The summed E-state index contributed by atoms with van der Waals surface area (Å²) < 4.78 is 5.59. The molecule has 1 saturated carbocycles. The number of ether oxygens (including phenoxy) is 1. The molecular weight excluding hydrogens is 319 g/mol. The van der Waals surface area contributed by atoms with Crippen LogP contribution >= 0.6 is 24.0 Å². The lowest BCUT2D eigenvalue weighted by atomic mass is 10.3. The van der Waals surface area contributed by atoms with E-state index >= 15 is 0 Å². The molecule has 1 aliphatic heterocycles. The highest BCUT2D eigenvalue weighted by Crippen LogP contribution is 2.18. The van der Waals surface area contributed by atoms with Crippen LogP contribution in [0, 0.1) is 0 Å². The van der Waals surface area contributed by atoms with E-state index in [4.69, 9.17) is 10.5 Å². The molecule has 0 amide bonds. The number of nitrogens with two attached hydrogens (primary N) is 1. The number of halogens is 1. The van der Waals surface area contributed by atoms with E-state index in [2.05, 4.69) is 22.3 Å². The van der Waals surface area contributed by atoms with Crippen molar-refractivity contribution in [3.8, 4) is 0 Å². The van der Waals surface area contributed by atoms with Gasteiger partial charge in [0.1, 0.15) is 0 Å². The third kappa shape index (κ3) is 4.84. The maximum Gasteiger partial charge on any atom is 0.188 e. The molecule has 94 valence electrons. The SMILES string of the molecule is CN1CCOC(CN=C(N)NC2CC2)C1.I. The Labute approximate surface area is 114 Å². The van der Waals surface area contributed by atoms with Crippen LogP contribution in [0.2, 0.25) is 0 Å². The van der Waals surface area contributed by atoms with E-state index < -0.39 is 0 Å². The second kappa shape index (κ2) is 6.61. The Balaban J connectivity index is 0.00000128. The van der Waals surface area contributed by atoms with Crippen LogP contribution in [-0.4, -0.2) is 56.3 Å². The highest BCUT2D eigenvalue weighted by atomic mass is 127. The van der Waals surface area contributed by atoms with Gasteiger partial charge in [0.05, 0.1) is 19.3 Å². The molecule has 0 aromatic heterocycles. The zero-order valence-corrected chi connectivity index (χ0v) is 12.0. The van der Waals surface area contributed by atoms with Gasteiger partial charge in [-0.1, -0.05) is 0 Å². The number of nitrogens with one attached hydrogen (secondary N) is 1. The molecule has 2 rings (SSSR count). The van der Waals surface area contributed by atoms with E-state index in [9.17, 15) is 0 Å². The van der Waals surface area contributed by atoms with E-state index in [1.165, 1.54) is 12.8 Å². The van der Waals surface area contributed by atoms with Crippen LogP contribution in [0.15, 0.2) is 4.99 Å². The fourth-order valence-electron chi connectivity index (χ4n) is 1.66. The highest BCUT2D eigenvalue weighted by molar-refractivity contribution is 14.0. The quantitative estimate of drug-likeness (QED) is 0.431. The van der Waals surface area contributed by atoms with Crippen molar-refractivity contribution in [3.05, 3.63) is 0 Å². The van der Waals surface area contributed by atoms with Crippen molar-refractivity contribution in [2.45, 2.75) is 25.0 Å². The van der Waals surface area contributed by atoms with Gasteiger partial charge in [-0.05, 0) is 19.9 Å². The Kier molecular flexibility index (Phi) is 5.77. The zero-order chi connectivity index (χ0) is 10.7. The molecule has 0 spiro atoms. The Hall–Kier alpha value is -0.0800. The van der Waals surface area contributed by atoms with Crippen LogP contribution in [0.25, 0.3) is 0 Å². The van der Waals surface area contributed by atoms with Crippen molar-refractivity contribution in [2.24, 2.45) is 10.7 Å². The summed E-state index contributed by atoms with van der Waals surface area (Å²) in [6.45, 7) is 3.42. The van der Waals surface area contributed by atoms with Crippen molar-refractivity contribution in [3.63, 3.8) is 0 Å². The van der Waals surface area contributed by atoms with Gasteiger partial charge in [-0.25, -0.2) is 0 Å². The molecule has 16 heavy (non-hydrogen) atoms. The minimum absolute atomic E-state index is 0. The third-order valence-electron chi connectivity index (χ3n) is 2.74. The van der Waals surface area contributed by atoms with Crippen LogP contribution in [0.4, 0.5) is 0 Å². The lowest BCUT2D eigenvalue weighted by Crippen LogP contribution is -2.42. The molecular formula is C10H21IN4O. The molecule has 1 atom stereocenters. The van der Waals surface area contributed by atoms with Gasteiger partial charge < -0.3 is 20.7 Å². The topological polar surface area (TPSA) is 62.9 Å². The highest BCUT2D eigenvalue weighted by Gasteiger charge is 2.22. The summed E-state index contributed by atoms with van der Waals surface area (Å²) in [4.78, 5) is 6.55. The lowest BCUT2D eigenvalue weighted by molar-refractivity contribution is -0.0136. The Morgan fingerprint density at radius 1 is 1.56 bits per heavy atom. The van der Waals surface area contributed by atoms with Crippen molar-refractivity contribution in [1.82, 2.24) is 10.2 Å². The lowest BCUT2D eigenvalue weighted by Gasteiger charge is -2.29. The Morgan fingerprint density at radius 3 is 2.94 bits per heavy atom. The number of guanidine groups is 1. The standard InChI is InChI=1S/C10H20N4O.HI/c1-14-4-5-15-9(7-14)6-12-10(11)13-8-2-3-8;/h8-9H,2-7H2,1H3,(H3,11,12,13);1H. The van der Waals surface area contributed by atoms with E-state index in [0.717, 1.165) is 19.7 Å². The number of morpholine rings is 1. The monoisotopic (exact) mass is 340 g/mol.